The van der Waals surface area contributed by atoms with Gasteiger partial charge in [-0.05, 0) is 38.3 Å². The van der Waals surface area contributed by atoms with Crippen molar-refractivity contribution >= 4 is 0 Å². The molecule has 3 nitrogen and oxygen atoms in total. The molecule has 0 amide bonds. The van der Waals surface area contributed by atoms with Gasteiger partial charge < -0.3 is 5.32 Å². The fourth-order valence-electron chi connectivity index (χ4n) is 2.02. The molecule has 0 spiro atoms. The number of nitrogens with one attached hydrogen (secondary N) is 1. The van der Waals surface area contributed by atoms with E-state index in [-0.39, 0.29) is 0 Å². The molecule has 1 atom stereocenters. The molecule has 2 aliphatic rings. The molecule has 1 saturated heterocycles. The van der Waals surface area contributed by atoms with Crippen molar-refractivity contribution in [1.82, 2.24) is 15.1 Å². The Bertz CT molecular complexity index is 295. The predicted molar refractivity (Wildman–Crippen MR) is 50.5 cm³/mol. The fourth-order valence-corrected chi connectivity index (χ4v) is 2.02. The zero-order valence-corrected chi connectivity index (χ0v) is 7.74. The van der Waals surface area contributed by atoms with Crippen LogP contribution in [0.3, 0.4) is 0 Å². The molecule has 0 aromatic carbocycles. The molecule has 3 rings (SSSR count). The molecular formula is C10H15N3. The van der Waals surface area contributed by atoms with Crippen LogP contribution in [0.4, 0.5) is 0 Å². The third-order valence-corrected chi connectivity index (χ3v) is 2.97. The van der Waals surface area contributed by atoms with Gasteiger partial charge in [-0.1, -0.05) is 0 Å². The van der Waals surface area contributed by atoms with Gasteiger partial charge in [0.2, 0.25) is 0 Å². The Kier molecular flexibility index (Phi) is 1.65. The van der Waals surface area contributed by atoms with Crippen LogP contribution in [0.15, 0.2) is 12.3 Å². The molecule has 1 aliphatic heterocycles. The van der Waals surface area contributed by atoms with Crippen molar-refractivity contribution < 1.29 is 0 Å². The Morgan fingerprint density at radius 2 is 2.31 bits per heavy atom. The van der Waals surface area contributed by atoms with Gasteiger partial charge in [0.15, 0.2) is 0 Å². The van der Waals surface area contributed by atoms with Gasteiger partial charge in [0.25, 0.3) is 0 Å². The van der Waals surface area contributed by atoms with Crippen molar-refractivity contribution in [1.29, 1.82) is 0 Å². The summed E-state index contributed by atoms with van der Waals surface area (Å²) in [5.41, 5.74) is 1.24. The van der Waals surface area contributed by atoms with E-state index in [1.807, 2.05) is 0 Å². The van der Waals surface area contributed by atoms with E-state index in [2.05, 4.69) is 27.4 Å². The van der Waals surface area contributed by atoms with Crippen LogP contribution in [0.25, 0.3) is 0 Å². The highest BCUT2D eigenvalue weighted by Crippen LogP contribution is 2.34. The first-order valence-electron chi connectivity index (χ1n) is 5.22. The first-order valence-corrected chi connectivity index (χ1v) is 5.22. The van der Waals surface area contributed by atoms with E-state index >= 15 is 0 Å². The van der Waals surface area contributed by atoms with Crippen LogP contribution in [0, 0.1) is 0 Å². The zero-order valence-electron chi connectivity index (χ0n) is 7.74. The number of nitrogens with zero attached hydrogens (tertiary/aromatic N) is 2. The van der Waals surface area contributed by atoms with Gasteiger partial charge in [-0.25, -0.2) is 0 Å². The molecule has 1 aromatic rings. The third kappa shape index (κ3) is 1.37. The Balaban J connectivity index is 1.79. The number of rotatable bonds is 2. The van der Waals surface area contributed by atoms with Gasteiger partial charge in [-0.2, -0.15) is 5.10 Å². The lowest BCUT2D eigenvalue weighted by atomic mass is 10.2. The van der Waals surface area contributed by atoms with Crippen molar-refractivity contribution in [3.05, 3.63) is 18.0 Å². The highest BCUT2D eigenvalue weighted by molar-refractivity contribution is 5.08. The standard InChI is InChI=1S/C10H15N3/c1-2-9(11-6-1)10-5-7-13(12-10)8-3-4-8/h5,7-9,11H,1-4,6H2. The molecule has 13 heavy (non-hydrogen) atoms. The molecule has 3 heteroatoms. The van der Waals surface area contributed by atoms with Crippen molar-refractivity contribution in [2.45, 2.75) is 37.8 Å². The van der Waals surface area contributed by atoms with Crippen molar-refractivity contribution in [3.63, 3.8) is 0 Å². The van der Waals surface area contributed by atoms with Gasteiger partial charge in [0, 0.05) is 6.20 Å². The largest absolute Gasteiger partial charge is 0.309 e. The second kappa shape index (κ2) is 2.84. The summed E-state index contributed by atoms with van der Waals surface area (Å²) in [5.74, 6) is 0. The Morgan fingerprint density at radius 3 is 3.00 bits per heavy atom. The minimum absolute atomic E-state index is 0.528. The Morgan fingerprint density at radius 1 is 1.38 bits per heavy atom. The molecule has 2 heterocycles. The average Bonchev–Trinajstić information content (AvgIpc) is 2.72. The lowest BCUT2D eigenvalue weighted by Crippen LogP contribution is -2.13. The van der Waals surface area contributed by atoms with E-state index in [9.17, 15) is 0 Å². The van der Waals surface area contributed by atoms with Gasteiger partial charge in [-0.3, -0.25) is 4.68 Å². The van der Waals surface area contributed by atoms with E-state index in [1.165, 1.54) is 31.4 Å². The summed E-state index contributed by atoms with van der Waals surface area (Å²) in [4.78, 5) is 0. The van der Waals surface area contributed by atoms with Crippen molar-refractivity contribution in [3.8, 4) is 0 Å². The average molecular weight is 177 g/mol. The summed E-state index contributed by atoms with van der Waals surface area (Å²) < 4.78 is 2.13. The smallest absolute Gasteiger partial charge is 0.0794 e. The highest BCUT2D eigenvalue weighted by atomic mass is 15.3. The maximum Gasteiger partial charge on any atom is 0.0794 e. The van der Waals surface area contributed by atoms with E-state index in [1.54, 1.807) is 0 Å². The molecular weight excluding hydrogens is 162 g/mol. The van der Waals surface area contributed by atoms with Crippen molar-refractivity contribution in [2.24, 2.45) is 0 Å². The molecule has 0 radical (unpaired) electrons. The van der Waals surface area contributed by atoms with Crippen LogP contribution in [0.1, 0.15) is 43.5 Å². The first kappa shape index (κ1) is 7.56. The van der Waals surface area contributed by atoms with E-state index < -0.39 is 0 Å². The van der Waals surface area contributed by atoms with Crippen LogP contribution in [-0.4, -0.2) is 16.3 Å². The van der Waals surface area contributed by atoms with E-state index in [4.69, 9.17) is 0 Å². The van der Waals surface area contributed by atoms with Gasteiger partial charge in [0.05, 0.1) is 17.8 Å². The monoisotopic (exact) mass is 177 g/mol. The quantitative estimate of drug-likeness (QED) is 0.744. The zero-order chi connectivity index (χ0) is 8.67. The molecule has 70 valence electrons. The van der Waals surface area contributed by atoms with Crippen molar-refractivity contribution in [2.75, 3.05) is 6.54 Å². The second-order valence-corrected chi connectivity index (χ2v) is 4.10. The molecule has 1 N–H and O–H groups in total. The number of hydrogen-bond donors (Lipinski definition) is 1. The molecule has 0 bridgehead atoms. The fraction of sp³-hybridized carbons (Fsp3) is 0.700. The minimum Gasteiger partial charge on any atom is -0.309 e. The van der Waals surface area contributed by atoms with Crippen LogP contribution < -0.4 is 5.32 Å². The van der Waals surface area contributed by atoms with Crippen LogP contribution >= 0.6 is 0 Å². The lowest BCUT2D eigenvalue weighted by Gasteiger charge is -2.05. The van der Waals surface area contributed by atoms with E-state index in [0.717, 1.165) is 12.6 Å². The SMILES string of the molecule is c1cn(C2CC2)nc1C1CCCN1. The van der Waals surface area contributed by atoms with Crippen LogP contribution in [0.5, 0.6) is 0 Å². The normalized spacial score (nSPS) is 28.2. The lowest BCUT2D eigenvalue weighted by molar-refractivity contribution is 0.577. The summed E-state index contributed by atoms with van der Waals surface area (Å²) in [6.07, 6.45) is 7.31. The second-order valence-electron chi connectivity index (χ2n) is 4.10. The summed E-state index contributed by atoms with van der Waals surface area (Å²) in [7, 11) is 0. The Labute approximate surface area is 78.1 Å². The number of aromatic nitrogens is 2. The molecule has 1 unspecified atom stereocenters. The third-order valence-electron chi connectivity index (χ3n) is 2.97. The first-order chi connectivity index (χ1) is 6.43. The van der Waals surface area contributed by atoms with E-state index in [0.29, 0.717) is 6.04 Å². The number of hydrogen-bond acceptors (Lipinski definition) is 2. The summed E-state index contributed by atoms with van der Waals surface area (Å²) in [6, 6.07) is 3.41. The minimum atomic E-state index is 0.528. The van der Waals surface area contributed by atoms with Crippen LogP contribution in [-0.2, 0) is 0 Å². The van der Waals surface area contributed by atoms with Gasteiger partial charge in [-0.15, -0.1) is 0 Å². The summed E-state index contributed by atoms with van der Waals surface area (Å²) in [5, 5.41) is 8.08. The molecule has 2 fully saturated rings. The maximum absolute atomic E-state index is 4.61. The topological polar surface area (TPSA) is 29.9 Å². The summed E-state index contributed by atoms with van der Waals surface area (Å²) in [6.45, 7) is 1.15. The predicted octanol–water partition coefficient (Wildman–Crippen LogP) is 1.64. The maximum atomic E-state index is 4.61. The van der Waals surface area contributed by atoms with Gasteiger partial charge >= 0.3 is 0 Å². The molecule has 1 aromatic heterocycles. The molecule has 1 saturated carbocycles. The Hall–Kier alpha value is -0.830. The van der Waals surface area contributed by atoms with Gasteiger partial charge in [0.1, 0.15) is 0 Å². The highest BCUT2D eigenvalue weighted by Gasteiger charge is 2.26. The molecule has 1 aliphatic carbocycles. The summed E-state index contributed by atoms with van der Waals surface area (Å²) >= 11 is 0. The van der Waals surface area contributed by atoms with Crippen LogP contribution in [0.2, 0.25) is 0 Å².